The zero-order valence-corrected chi connectivity index (χ0v) is 13.5. The molecular weight excluding hydrogens is 300 g/mol. The molecule has 0 spiro atoms. The summed E-state index contributed by atoms with van der Waals surface area (Å²) in [6, 6.07) is 2.93. The van der Waals surface area contributed by atoms with E-state index in [4.69, 9.17) is 5.10 Å². The number of halogens is 1. The summed E-state index contributed by atoms with van der Waals surface area (Å²) in [6.07, 6.45) is 12.8. The first-order valence-corrected chi connectivity index (χ1v) is 8.82. The van der Waals surface area contributed by atoms with Crippen LogP contribution in [-0.4, -0.2) is 14.6 Å². The maximum Gasteiger partial charge on any atom is 0.0627 e. The maximum absolute atomic E-state index is 4.84. The highest BCUT2D eigenvalue weighted by atomic mass is 79.9. The molecule has 0 aromatic carbocycles. The zero-order chi connectivity index (χ0) is 13.2. The van der Waals surface area contributed by atoms with Crippen LogP contribution in [0.2, 0.25) is 0 Å². The number of hydrogen-bond acceptors (Lipinski definition) is 1. The summed E-state index contributed by atoms with van der Waals surface area (Å²) in [6.45, 7) is 2.39. The SMILES string of the molecule is CC1CCC(Br)C(Cc2ccn(C3CCCC3)n2)C1. The molecule has 0 radical (unpaired) electrons. The first-order chi connectivity index (χ1) is 9.22. The minimum atomic E-state index is 0.679. The third kappa shape index (κ3) is 3.24. The van der Waals surface area contributed by atoms with Crippen LogP contribution in [0.3, 0.4) is 0 Å². The van der Waals surface area contributed by atoms with Crippen molar-refractivity contribution in [3.05, 3.63) is 18.0 Å². The first-order valence-electron chi connectivity index (χ1n) is 7.90. The number of hydrogen-bond donors (Lipinski definition) is 0. The smallest absolute Gasteiger partial charge is 0.0627 e. The third-order valence-electron chi connectivity index (χ3n) is 4.99. The average Bonchev–Trinajstić information content (AvgIpc) is 3.04. The van der Waals surface area contributed by atoms with E-state index in [2.05, 4.69) is 39.8 Å². The summed E-state index contributed by atoms with van der Waals surface area (Å²) in [4.78, 5) is 0.695. The van der Waals surface area contributed by atoms with E-state index in [0.29, 0.717) is 10.9 Å². The molecule has 3 atom stereocenters. The molecular formula is C16H25BrN2. The van der Waals surface area contributed by atoms with Crippen LogP contribution < -0.4 is 0 Å². The molecule has 0 aliphatic heterocycles. The van der Waals surface area contributed by atoms with Crippen molar-refractivity contribution < 1.29 is 0 Å². The summed E-state index contributed by atoms with van der Waals surface area (Å²) in [5, 5.41) is 4.84. The number of aromatic nitrogens is 2. The average molecular weight is 325 g/mol. The summed E-state index contributed by atoms with van der Waals surface area (Å²) in [5.41, 5.74) is 1.30. The molecule has 3 heteroatoms. The van der Waals surface area contributed by atoms with Crippen LogP contribution in [0.4, 0.5) is 0 Å². The maximum atomic E-state index is 4.84. The Labute approximate surface area is 125 Å². The zero-order valence-electron chi connectivity index (χ0n) is 11.9. The molecule has 0 saturated heterocycles. The molecule has 0 amide bonds. The summed E-state index contributed by atoms with van der Waals surface area (Å²) < 4.78 is 2.23. The number of alkyl halides is 1. The van der Waals surface area contributed by atoms with Gasteiger partial charge in [0.15, 0.2) is 0 Å². The van der Waals surface area contributed by atoms with E-state index in [1.165, 1.54) is 50.6 Å². The van der Waals surface area contributed by atoms with Crippen molar-refractivity contribution in [2.45, 2.75) is 69.2 Å². The van der Waals surface area contributed by atoms with E-state index in [0.717, 1.165) is 18.3 Å². The van der Waals surface area contributed by atoms with Gasteiger partial charge in [0, 0.05) is 11.0 Å². The molecule has 1 aromatic heterocycles. The van der Waals surface area contributed by atoms with Crippen LogP contribution in [0.25, 0.3) is 0 Å². The molecule has 1 aromatic rings. The van der Waals surface area contributed by atoms with Gasteiger partial charge in [-0.3, -0.25) is 4.68 Å². The van der Waals surface area contributed by atoms with Crippen molar-refractivity contribution in [1.82, 2.24) is 9.78 Å². The van der Waals surface area contributed by atoms with Gasteiger partial charge in [0.05, 0.1) is 11.7 Å². The highest BCUT2D eigenvalue weighted by molar-refractivity contribution is 9.09. The van der Waals surface area contributed by atoms with Gasteiger partial charge in [-0.1, -0.05) is 35.7 Å². The predicted molar refractivity (Wildman–Crippen MR) is 82.7 cm³/mol. The topological polar surface area (TPSA) is 17.8 Å². The second-order valence-electron chi connectivity index (χ2n) is 6.62. The van der Waals surface area contributed by atoms with E-state index in [9.17, 15) is 0 Å². The largest absolute Gasteiger partial charge is 0.269 e. The van der Waals surface area contributed by atoms with Gasteiger partial charge < -0.3 is 0 Å². The number of rotatable bonds is 3. The van der Waals surface area contributed by atoms with E-state index < -0.39 is 0 Å². The van der Waals surface area contributed by atoms with Gasteiger partial charge in [-0.25, -0.2) is 0 Å². The Morgan fingerprint density at radius 1 is 1.26 bits per heavy atom. The fraction of sp³-hybridized carbons (Fsp3) is 0.812. The summed E-state index contributed by atoms with van der Waals surface area (Å²) in [5.74, 6) is 1.66. The van der Waals surface area contributed by atoms with Crippen molar-refractivity contribution >= 4 is 15.9 Å². The van der Waals surface area contributed by atoms with Crippen molar-refractivity contribution in [3.63, 3.8) is 0 Å². The Morgan fingerprint density at radius 2 is 2.05 bits per heavy atom. The van der Waals surface area contributed by atoms with Gasteiger partial charge in [-0.05, 0) is 56.4 Å². The van der Waals surface area contributed by atoms with Crippen molar-refractivity contribution in [1.29, 1.82) is 0 Å². The molecule has 2 aliphatic rings. The molecule has 3 rings (SSSR count). The molecule has 2 aliphatic carbocycles. The molecule has 19 heavy (non-hydrogen) atoms. The Morgan fingerprint density at radius 3 is 2.84 bits per heavy atom. The van der Waals surface area contributed by atoms with Crippen LogP contribution in [0, 0.1) is 11.8 Å². The Bertz CT molecular complexity index is 409. The molecule has 3 unspecified atom stereocenters. The monoisotopic (exact) mass is 324 g/mol. The first kappa shape index (κ1) is 13.7. The van der Waals surface area contributed by atoms with E-state index >= 15 is 0 Å². The van der Waals surface area contributed by atoms with Gasteiger partial charge >= 0.3 is 0 Å². The lowest BCUT2D eigenvalue weighted by atomic mass is 9.80. The third-order valence-corrected chi connectivity index (χ3v) is 6.19. The molecule has 0 bridgehead atoms. The van der Waals surface area contributed by atoms with Gasteiger partial charge in [0.25, 0.3) is 0 Å². The lowest BCUT2D eigenvalue weighted by molar-refractivity contribution is 0.292. The Kier molecular flexibility index (Phi) is 4.30. The van der Waals surface area contributed by atoms with E-state index in [-0.39, 0.29) is 0 Å². The minimum absolute atomic E-state index is 0.679. The summed E-state index contributed by atoms with van der Waals surface area (Å²) >= 11 is 3.88. The van der Waals surface area contributed by atoms with Gasteiger partial charge in [-0.15, -0.1) is 0 Å². The minimum Gasteiger partial charge on any atom is -0.269 e. The molecule has 2 fully saturated rings. The molecule has 2 saturated carbocycles. The lowest BCUT2D eigenvalue weighted by Crippen LogP contribution is -2.25. The predicted octanol–water partition coefficient (Wildman–Crippen LogP) is 4.74. The quantitative estimate of drug-likeness (QED) is 0.734. The Hall–Kier alpha value is -0.310. The molecule has 0 N–H and O–H groups in total. The van der Waals surface area contributed by atoms with Crippen LogP contribution >= 0.6 is 15.9 Å². The molecule has 2 nitrogen and oxygen atoms in total. The second kappa shape index (κ2) is 5.99. The lowest BCUT2D eigenvalue weighted by Gasteiger charge is -2.31. The van der Waals surface area contributed by atoms with Gasteiger partial charge in [0.1, 0.15) is 0 Å². The molecule has 106 valence electrons. The van der Waals surface area contributed by atoms with E-state index in [1.54, 1.807) is 0 Å². The Balaban J connectivity index is 1.62. The van der Waals surface area contributed by atoms with Crippen molar-refractivity contribution in [2.24, 2.45) is 11.8 Å². The van der Waals surface area contributed by atoms with Crippen molar-refractivity contribution in [2.75, 3.05) is 0 Å². The highest BCUT2D eigenvalue weighted by Crippen LogP contribution is 2.35. The van der Waals surface area contributed by atoms with Gasteiger partial charge in [-0.2, -0.15) is 5.10 Å². The van der Waals surface area contributed by atoms with E-state index in [1.807, 2.05) is 0 Å². The van der Waals surface area contributed by atoms with Crippen LogP contribution in [0.5, 0.6) is 0 Å². The number of nitrogens with zero attached hydrogens (tertiary/aromatic N) is 2. The van der Waals surface area contributed by atoms with Crippen LogP contribution in [-0.2, 0) is 6.42 Å². The summed E-state index contributed by atoms with van der Waals surface area (Å²) in [7, 11) is 0. The fourth-order valence-electron chi connectivity index (χ4n) is 3.80. The standard InChI is InChI=1S/C16H25BrN2/c1-12-6-7-16(17)13(10-12)11-14-8-9-19(18-14)15-4-2-3-5-15/h8-9,12-13,15-16H,2-7,10-11H2,1H3. The van der Waals surface area contributed by atoms with Crippen LogP contribution in [0.15, 0.2) is 12.3 Å². The fourth-order valence-corrected chi connectivity index (χ4v) is 4.47. The van der Waals surface area contributed by atoms with Crippen LogP contribution in [0.1, 0.15) is 63.6 Å². The van der Waals surface area contributed by atoms with Gasteiger partial charge in [0.2, 0.25) is 0 Å². The normalized spacial score (nSPS) is 32.8. The second-order valence-corrected chi connectivity index (χ2v) is 7.80. The highest BCUT2D eigenvalue weighted by Gasteiger charge is 2.27. The van der Waals surface area contributed by atoms with Crippen molar-refractivity contribution in [3.8, 4) is 0 Å². The molecule has 1 heterocycles.